The molecule has 1 aromatic carbocycles. The van der Waals surface area contributed by atoms with Crippen molar-refractivity contribution < 1.29 is 18.0 Å². The van der Waals surface area contributed by atoms with Crippen molar-refractivity contribution in [3.8, 4) is 0 Å². The number of Topliss-reactive ketones (excluding diaryl/α,β-unsaturated/α-hetero) is 1. The van der Waals surface area contributed by atoms with E-state index < -0.39 is 15.9 Å². The van der Waals surface area contributed by atoms with Gasteiger partial charge in [0, 0.05) is 35.4 Å². The maximum atomic E-state index is 13.4. The van der Waals surface area contributed by atoms with E-state index in [9.17, 15) is 18.0 Å². The molecule has 3 heterocycles. The van der Waals surface area contributed by atoms with Crippen molar-refractivity contribution in [1.82, 2.24) is 30.2 Å². The van der Waals surface area contributed by atoms with Gasteiger partial charge in [0.2, 0.25) is 0 Å². The molecule has 0 aliphatic heterocycles. The number of ketones is 1. The van der Waals surface area contributed by atoms with Crippen LogP contribution in [0.1, 0.15) is 41.7 Å². The monoisotopic (exact) mass is 584 g/mol. The summed E-state index contributed by atoms with van der Waals surface area (Å²) in [6, 6.07) is 10.4. The Labute approximate surface area is 232 Å². The Morgan fingerprint density at radius 1 is 1.13 bits per heavy atom. The second-order valence-electron chi connectivity index (χ2n) is 8.79. The minimum absolute atomic E-state index is 0.0228. The first-order valence-electron chi connectivity index (χ1n) is 12.0. The molecule has 0 saturated heterocycles. The Hall–Kier alpha value is -3.69. The van der Waals surface area contributed by atoms with Crippen LogP contribution in [0.5, 0.6) is 0 Å². The van der Waals surface area contributed by atoms with Crippen LogP contribution in [0.3, 0.4) is 0 Å². The van der Waals surface area contributed by atoms with Gasteiger partial charge in [0.15, 0.2) is 15.1 Å². The number of urea groups is 1. The van der Waals surface area contributed by atoms with E-state index in [1.807, 2.05) is 30.3 Å². The predicted molar refractivity (Wildman–Crippen MR) is 146 cm³/mol. The van der Waals surface area contributed by atoms with E-state index >= 15 is 0 Å². The predicted octanol–water partition coefficient (Wildman–Crippen LogP) is 4.20. The number of carbonyl (C=O) groups excluding carboxylic acids is 2. The van der Waals surface area contributed by atoms with Crippen LogP contribution >= 0.6 is 23.1 Å². The standard InChI is InChI=1S/C24H24N8O4S3/c1-32-24(29-30-31-32)39(35,36)21-19(14-37-16-9-3-2-4-10-16)27-23(38-21)28-22(34)26-18-13-25-12-11-17(18)20(33)15-7-5-6-8-15/h2-4,9-13,15H,5-8,14H2,1H3,(H2,26,27,28,34). The van der Waals surface area contributed by atoms with Crippen molar-refractivity contribution in [3.05, 3.63) is 60.0 Å². The summed E-state index contributed by atoms with van der Waals surface area (Å²) in [6.07, 6.45) is 6.61. The second kappa shape index (κ2) is 11.6. The number of thiazole rings is 1. The van der Waals surface area contributed by atoms with Gasteiger partial charge in [-0.05, 0) is 41.5 Å². The van der Waals surface area contributed by atoms with Crippen LogP contribution in [0, 0.1) is 5.92 Å². The number of benzene rings is 1. The quantitative estimate of drug-likeness (QED) is 0.215. The zero-order valence-corrected chi connectivity index (χ0v) is 23.2. The van der Waals surface area contributed by atoms with E-state index in [4.69, 9.17) is 0 Å². The number of hydrogen-bond donors (Lipinski definition) is 2. The van der Waals surface area contributed by atoms with Crippen LogP contribution in [0.15, 0.2) is 63.1 Å². The molecule has 1 aliphatic carbocycles. The fraction of sp³-hybridized carbons (Fsp3) is 0.292. The largest absolute Gasteiger partial charge is 0.325 e. The van der Waals surface area contributed by atoms with Crippen LogP contribution < -0.4 is 10.6 Å². The topological polar surface area (TPSA) is 162 Å². The van der Waals surface area contributed by atoms with Crippen molar-refractivity contribution in [1.29, 1.82) is 0 Å². The number of sulfone groups is 1. The molecule has 0 radical (unpaired) electrons. The average molecular weight is 585 g/mol. The summed E-state index contributed by atoms with van der Waals surface area (Å²) in [5, 5.41) is 15.7. The smallest absolute Gasteiger partial charge is 0.305 e. The van der Waals surface area contributed by atoms with E-state index in [-0.39, 0.29) is 43.3 Å². The van der Waals surface area contributed by atoms with Crippen LogP contribution in [0.2, 0.25) is 0 Å². The van der Waals surface area contributed by atoms with Gasteiger partial charge in [-0.25, -0.2) is 22.9 Å². The van der Waals surface area contributed by atoms with Gasteiger partial charge in [-0.2, -0.15) is 0 Å². The molecule has 0 spiro atoms. The molecule has 1 fully saturated rings. The first-order chi connectivity index (χ1) is 18.8. The van der Waals surface area contributed by atoms with Gasteiger partial charge in [-0.3, -0.25) is 15.1 Å². The van der Waals surface area contributed by atoms with Crippen molar-refractivity contribution in [2.45, 2.75) is 45.7 Å². The minimum atomic E-state index is -4.12. The number of rotatable bonds is 9. The first-order valence-corrected chi connectivity index (χ1v) is 15.3. The highest BCUT2D eigenvalue weighted by atomic mass is 32.2. The summed E-state index contributed by atoms with van der Waals surface area (Å²) in [4.78, 5) is 35.3. The molecule has 12 nitrogen and oxygen atoms in total. The summed E-state index contributed by atoms with van der Waals surface area (Å²) in [5.41, 5.74) is 0.927. The zero-order valence-electron chi connectivity index (χ0n) is 20.8. The van der Waals surface area contributed by atoms with Gasteiger partial charge in [0.1, 0.15) is 0 Å². The molecule has 1 aliphatic rings. The van der Waals surface area contributed by atoms with Gasteiger partial charge < -0.3 is 5.32 Å². The van der Waals surface area contributed by atoms with E-state index in [0.717, 1.165) is 46.6 Å². The molecule has 2 N–H and O–H groups in total. The lowest BCUT2D eigenvalue weighted by atomic mass is 9.96. The molecule has 5 rings (SSSR count). The number of nitrogens with one attached hydrogen (secondary N) is 2. The van der Waals surface area contributed by atoms with Gasteiger partial charge >= 0.3 is 6.03 Å². The Kier molecular flexibility index (Phi) is 7.99. The number of amides is 2. The number of aromatic nitrogens is 6. The summed E-state index contributed by atoms with van der Waals surface area (Å²) in [7, 11) is -2.69. The number of anilines is 2. The van der Waals surface area contributed by atoms with E-state index in [2.05, 4.69) is 36.1 Å². The van der Waals surface area contributed by atoms with Gasteiger partial charge in [0.25, 0.3) is 15.0 Å². The van der Waals surface area contributed by atoms with E-state index in [1.54, 1.807) is 6.07 Å². The summed E-state index contributed by atoms with van der Waals surface area (Å²) < 4.78 is 27.8. The van der Waals surface area contributed by atoms with Crippen molar-refractivity contribution >= 4 is 55.6 Å². The molecular weight excluding hydrogens is 561 g/mol. The van der Waals surface area contributed by atoms with Crippen LogP contribution in [-0.4, -0.2) is 50.4 Å². The number of hydrogen-bond acceptors (Lipinski definition) is 11. The zero-order chi connectivity index (χ0) is 27.4. The maximum absolute atomic E-state index is 13.4. The molecule has 2 amide bonds. The normalized spacial score (nSPS) is 13.9. The SMILES string of the molecule is Cn1nnnc1S(=O)(=O)c1sc(NC(=O)Nc2cnccc2C(=O)C2CCCC2)nc1CSc1ccccc1. The van der Waals surface area contributed by atoms with Gasteiger partial charge in [-0.1, -0.05) is 47.5 Å². The number of carbonyl (C=O) groups is 2. The summed E-state index contributed by atoms with van der Waals surface area (Å²) >= 11 is 2.21. The highest BCUT2D eigenvalue weighted by molar-refractivity contribution is 7.98. The Bertz CT molecular complexity index is 1600. The Morgan fingerprint density at radius 2 is 1.90 bits per heavy atom. The average Bonchev–Trinajstić information content (AvgIpc) is 3.70. The number of nitrogens with zero attached hydrogens (tertiary/aromatic N) is 6. The van der Waals surface area contributed by atoms with E-state index in [0.29, 0.717) is 5.56 Å². The third-order valence-corrected chi connectivity index (χ3v) is 10.4. The number of tetrazole rings is 1. The van der Waals surface area contributed by atoms with Crippen LogP contribution in [0.4, 0.5) is 15.6 Å². The van der Waals surface area contributed by atoms with Crippen molar-refractivity contribution in [3.63, 3.8) is 0 Å². The number of pyridine rings is 1. The van der Waals surface area contributed by atoms with Crippen LogP contribution in [0.25, 0.3) is 0 Å². The lowest BCUT2D eigenvalue weighted by Gasteiger charge is -2.13. The van der Waals surface area contributed by atoms with Crippen molar-refractivity contribution in [2.75, 3.05) is 10.6 Å². The molecule has 39 heavy (non-hydrogen) atoms. The highest BCUT2D eigenvalue weighted by Crippen LogP contribution is 2.35. The first kappa shape index (κ1) is 26.9. The molecule has 1 saturated carbocycles. The number of thioether (sulfide) groups is 1. The van der Waals surface area contributed by atoms with E-state index in [1.165, 1.54) is 31.2 Å². The molecule has 3 aromatic heterocycles. The van der Waals surface area contributed by atoms with Gasteiger partial charge in [0.05, 0.1) is 17.6 Å². The number of aryl methyl sites for hydroxylation is 1. The molecular formula is C24H24N8O4S3. The second-order valence-corrected chi connectivity index (χ2v) is 12.9. The molecule has 0 atom stereocenters. The molecule has 202 valence electrons. The fourth-order valence-corrected chi connectivity index (χ4v) is 8.04. The van der Waals surface area contributed by atoms with Crippen molar-refractivity contribution in [2.24, 2.45) is 13.0 Å². The third kappa shape index (κ3) is 5.99. The summed E-state index contributed by atoms with van der Waals surface area (Å²) in [6.45, 7) is 0. The van der Waals surface area contributed by atoms with Gasteiger partial charge in [-0.15, -0.1) is 11.8 Å². The molecule has 0 unspecified atom stereocenters. The minimum Gasteiger partial charge on any atom is -0.305 e. The summed E-state index contributed by atoms with van der Waals surface area (Å²) in [5.74, 6) is 0.139. The molecule has 4 aromatic rings. The maximum Gasteiger partial charge on any atom is 0.325 e. The Morgan fingerprint density at radius 3 is 2.62 bits per heavy atom. The third-order valence-electron chi connectivity index (χ3n) is 6.13. The highest BCUT2D eigenvalue weighted by Gasteiger charge is 2.31. The lowest BCUT2D eigenvalue weighted by Crippen LogP contribution is -2.22. The molecule has 0 bridgehead atoms. The lowest BCUT2D eigenvalue weighted by molar-refractivity contribution is 0.0923. The Balaban J connectivity index is 1.39. The van der Waals surface area contributed by atoms with Crippen LogP contribution in [-0.2, 0) is 22.6 Å². The molecule has 15 heteroatoms. The fourth-order valence-electron chi connectivity index (χ4n) is 4.26.